The summed E-state index contributed by atoms with van der Waals surface area (Å²) in [7, 11) is 0. The van der Waals surface area contributed by atoms with Crippen molar-refractivity contribution in [3.63, 3.8) is 0 Å². The number of nitrogens with zero attached hydrogens (tertiary/aromatic N) is 3. The Hall–Kier alpha value is -3.41. The van der Waals surface area contributed by atoms with Gasteiger partial charge in [-0.15, -0.1) is 0 Å². The predicted molar refractivity (Wildman–Crippen MR) is 122 cm³/mol. The van der Waals surface area contributed by atoms with Crippen LogP contribution < -0.4 is 5.32 Å². The number of rotatable bonds is 6. The van der Waals surface area contributed by atoms with Gasteiger partial charge in [-0.05, 0) is 43.5 Å². The number of amides is 2. The minimum absolute atomic E-state index is 0.00479. The first-order chi connectivity index (χ1) is 15.1. The minimum atomic E-state index is -0.0391. The van der Waals surface area contributed by atoms with Crippen molar-refractivity contribution in [1.82, 2.24) is 19.8 Å². The smallest absolute Gasteiger partial charge is 0.246 e. The fraction of sp³-hybridized carbons (Fsp3) is 0.320. The SMILES string of the molecule is Cc1nc2ccccc2n1CCNC(=O)C1CCN(C(=O)C=Cc2ccccc2)CC1. The van der Waals surface area contributed by atoms with Crippen molar-refractivity contribution in [2.24, 2.45) is 5.92 Å². The molecule has 0 unspecified atom stereocenters. The first-order valence-corrected chi connectivity index (χ1v) is 10.8. The average molecular weight is 417 g/mol. The number of aromatic nitrogens is 2. The van der Waals surface area contributed by atoms with Gasteiger partial charge in [0.2, 0.25) is 11.8 Å². The van der Waals surface area contributed by atoms with Crippen LogP contribution in [0.25, 0.3) is 17.1 Å². The lowest BCUT2D eigenvalue weighted by Gasteiger charge is -2.30. The first kappa shape index (κ1) is 20.8. The zero-order valence-electron chi connectivity index (χ0n) is 17.8. The van der Waals surface area contributed by atoms with Gasteiger partial charge < -0.3 is 14.8 Å². The molecule has 2 heterocycles. The Labute approximate surface area is 182 Å². The van der Waals surface area contributed by atoms with Crippen LogP contribution in [0.2, 0.25) is 0 Å². The number of carbonyl (C=O) groups excluding carboxylic acids is 2. The molecule has 2 aromatic carbocycles. The van der Waals surface area contributed by atoms with Gasteiger partial charge in [0.15, 0.2) is 0 Å². The van der Waals surface area contributed by atoms with Crippen LogP contribution in [-0.2, 0) is 16.1 Å². The highest BCUT2D eigenvalue weighted by molar-refractivity contribution is 5.92. The molecule has 0 saturated carbocycles. The Morgan fingerprint density at radius 3 is 2.55 bits per heavy atom. The predicted octanol–water partition coefficient (Wildman–Crippen LogP) is 3.41. The third-order valence-corrected chi connectivity index (χ3v) is 5.88. The number of benzene rings is 2. The highest BCUT2D eigenvalue weighted by atomic mass is 16.2. The zero-order valence-corrected chi connectivity index (χ0v) is 17.8. The van der Waals surface area contributed by atoms with Crippen LogP contribution in [0.1, 0.15) is 24.2 Å². The van der Waals surface area contributed by atoms with Crippen LogP contribution in [0.4, 0.5) is 0 Å². The van der Waals surface area contributed by atoms with E-state index in [2.05, 4.69) is 20.9 Å². The van der Waals surface area contributed by atoms with Crippen molar-refractivity contribution in [3.8, 4) is 0 Å². The number of hydrogen-bond donors (Lipinski definition) is 1. The summed E-state index contributed by atoms with van der Waals surface area (Å²) in [5.74, 6) is 0.993. The number of para-hydroxylation sites is 2. The molecule has 160 valence electrons. The lowest BCUT2D eigenvalue weighted by atomic mass is 9.96. The van der Waals surface area contributed by atoms with Gasteiger partial charge in [-0.25, -0.2) is 4.98 Å². The molecule has 1 aliphatic rings. The number of piperidine rings is 1. The Morgan fingerprint density at radius 2 is 1.77 bits per heavy atom. The van der Waals surface area contributed by atoms with Gasteiger partial charge in [0, 0.05) is 38.2 Å². The third-order valence-electron chi connectivity index (χ3n) is 5.88. The molecule has 1 N–H and O–H groups in total. The molecular weight excluding hydrogens is 388 g/mol. The number of fused-ring (bicyclic) bond motifs is 1. The Bertz CT molecular complexity index is 1080. The molecule has 0 atom stereocenters. The van der Waals surface area contributed by atoms with Crippen LogP contribution in [0.15, 0.2) is 60.7 Å². The maximum absolute atomic E-state index is 12.6. The molecule has 6 nitrogen and oxygen atoms in total. The summed E-state index contributed by atoms with van der Waals surface area (Å²) in [6, 6.07) is 17.8. The molecule has 1 aromatic heterocycles. The second kappa shape index (κ2) is 9.60. The van der Waals surface area contributed by atoms with Gasteiger partial charge >= 0.3 is 0 Å². The number of nitrogens with one attached hydrogen (secondary N) is 1. The molecule has 6 heteroatoms. The molecule has 1 fully saturated rings. The molecule has 0 radical (unpaired) electrons. The molecule has 1 aliphatic heterocycles. The van der Waals surface area contributed by atoms with E-state index in [4.69, 9.17) is 0 Å². The molecular formula is C25H28N4O2. The summed E-state index contributed by atoms with van der Waals surface area (Å²) in [5.41, 5.74) is 3.07. The van der Waals surface area contributed by atoms with Crippen LogP contribution in [0.5, 0.6) is 0 Å². The third kappa shape index (κ3) is 5.02. The molecule has 31 heavy (non-hydrogen) atoms. The van der Waals surface area contributed by atoms with E-state index in [0.29, 0.717) is 39.0 Å². The van der Waals surface area contributed by atoms with Crippen molar-refractivity contribution in [2.45, 2.75) is 26.3 Å². The number of aryl methyl sites for hydroxylation is 1. The molecule has 0 aliphatic carbocycles. The summed E-state index contributed by atoms with van der Waals surface area (Å²) >= 11 is 0. The molecule has 0 spiro atoms. The van der Waals surface area contributed by atoms with Gasteiger partial charge in [0.1, 0.15) is 5.82 Å². The highest BCUT2D eigenvalue weighted by Gasteiger charge is 2.26. The van der Waals surface area contributed by atoms with Crippen molar-refractivity contribution in [3.05, 3.63) is 72.1 Å². The Morgan fingerprint density at radius 1 is 1.06 bits per heavy atom. The monoisotopic (exact) mass is 416 g/mol. The average Bonchev–Trinajstić information content (AvgIpc) is 3.13. The summed E-state index contributed by atoms with van der Waals surface area (Å²) in [6.45, 7) is 4.47. The van der Waals surface area contributed by atoms with Gasteiger partial charge in [0.05, 0.1) is 11.0 Å². The quantitative estimate of drug-likeness (QED) is 0.626. The fourth-order valence-electron chi connectivity index (χ4n) is 4.11. The van der Waals surface area contributed by atoms with E-state index >= 15 is 0 Å². The number of carbonyl (C=O) groups is 2. The van der Waals surface area contributed by atoms with Crippen LogP contribution in [-0.4, -0.2) is 45.9 Å². The van der Waals surface area contributed by atoms with E-state index in [9.17, 15) is 9.59 Å². The van der Waals surface area contributed by atoms with Crippen molar-refractivity contribution in [1.29, 1.82) is 0 Å². The molecule has 4 rings (SSSR count). The summed E-state index contributed by atoms with van der Waals surface area (Å²) in [4.78, 5) is 31.4. The largest absolute Gasteiger partial charge is 0.354 e. The van der Waals surface area contributed by atoms with E-state index in [0.717, 1.165) is 22.4 Å². The topological polar surface area (TPSA) is 67.2 Å². The zero-order chi connectivity index (χ0) is 21.6. The first-order valence-electron chi connectivity index (χ1n) is 10.8. The van der Waals surface area contributed by atoms with E-state index in [1.807, 2.05) is 66.4 Å². The van der Waals surface area contributed by atoms with Gasteiger partial charge in [-0.2, -0.15) is 0 Å². The molecule has 0 bridgehead atoms. The standard InChI is InChI=1S/C25H28N4O2/c1-19-27-22-9-5-6-10-23(22)29(19)18-15-26-25(31)21-13-16-28(17-14-21)24(30)12-11-20-7-3-2-4-8-20/h2-12,21H,13-18H2,1H3,(H,26,31). The summed E-state index contributed by atoms with van der Waals surface area (Å²) in [6.07, 6.45) is 4.85. The van der Waals surface area contributed by atoms with Crippen LogP contribution >= 0.6 is 0 Å². The normalized spacial score (nSPS) is 14.9. The number of imidazole rings is 1. The van der Waals surface area contributed by atoms with Crippen LogP contribution in [0, 0.1) is 12.8 Å². The summed E-state index contributed by atoms with van der Waals surface area (Å²) < 4.78 is 2.13. The number of likely N-dealkylation sites (tertiary alicyclic amines) is 1. The second-order valence-electron chi connectivity index (χ2n) is 7.93. The Balaban J connectivity index is 1.23. The highest BCUT2D eigenvalue weighted by Crippen LogP contribution is 2.18. The number of hydrogen-bond acceptors (Lipinski definition) is 3. The second-order valence-corrected chi connectivity index (χ2v) is 7.93. The van der Waals surface area contributed by atoms with Crippen LogP contribution in [0.3, 0.4) is 0 Å². The molecule has 3 aromatic rings. The summed E-state index contributed by atoms with van der Waals surface area (Å²) in [5, 5.41) is 3.07. The maximum Gasteiger partial charge on any atom is 0.246 e. The lowest BCUT2D eigenvalue weighted by Crippen LogP contribution is -2.43. The van der Waals surface area contributed by atoms with Gasteiger partial charge in [-0.1, -0.05) is 42.5 Å². The van der Waals surface area contributed by atoms with Crippen molar-refractivity contribution in [2.75, 3.05) is 19.6 Å². The van der Waals surface area contributed by atoms with Crippen molar-refractivity contribution >= 4 is 28.9 Å². The maximum atomic E-state index is 12.6. The van der Waals surface area contributed by atoms with Gasteiger partial charge in [-0.3, -0.25) is 9.59 Å². The molecule has 1 saturated heterocycles. The lowest BCUT2D eigenvalue weighted by molar-refractivity contribution is -0.132. The Kier molecular flexibility index (Phi) is 6.46. The van der Waals surface area contributed by atoms with Gasteiger partial charge in [0.25, 0.3) is 0 Å². The van der Waals surface area contributed by atoms with E-state index in [1.54, 1.807) is 6.08 Å². The molecule has 2 amide bonds. The van der Waals surface area contributed by atoms with E-state index in [1.165, 1.54) is 0 Å². The fourth-order valence-corrected chi connectivity index (χ4v) is 4.11. The van der Waals surface area contributed by atoms with Crippen molar-refractivity contribution < 1.29 is 9.59 Å². The van der Waals surface area contributed by atoms with E-state index in [-0.39, 0.29) is 17.7 Å². The van der Waals surface area contributed by atoms with E-state index < -0.39 is 0 Å². The minimum Gasteiger partial charge on any atom is -0.354 e.